The number of rotatable bonds is 5. The van der Waals surface area contributed by atoms with Crippen LogP contribution in [0.1, 0.15) is 52.7 Å². The molecule has 3 aromatic rings. The van der Waals surface area contributed by atoms with Gasteiger partial charge in [-0.3, -0.25) is 0 Å². The quantitative estimate of drug-likeness (QED) is 0.365. The third-order valence-electron chi connectivity index (χ3n) is 5.56. The number of carbonyl (C=O) groups is 2. The lowest BCUT2D eigenvalue weighted by atomic mass is 9.96. The average molecular weight is 606 g/mol. The Bertz CT molecular complexity index is 1510. The Balaban J connectivity index is 2.26. The van der Waals surface area contributed by atoms with Gasteiger partial charge in [0.05, 0.1) is 36.1 Å². The molecule has 0 spiro atoms. The molecule has 0 bridgehead atoms. The number of nitrogens with zero attached hydrogens (tertiary/aromatic N) is 3. The number of aliphatic hydroxyl groups excluding tert-OH is 2. The number of alkyl halides is 3. The van der Waals surface area contributed by atoms with E-state index in [1.54, 1.807) is 59.2 Å². The highest BCUT2D eigenvalue weighted by Crippen LogP contribution is 2.35. The molecule has 0 fully saturated rings. The lowest BCUT2D eigenvalue weighted by Crippen LogP contribution is -2.43. The van der Waals surface area contributed by atoms with Gasteiger partial charge in [-0.2, -0.15) is 0 Å². The second kappa shape index (κ2) is 12.5. The van der Waals surface area contributed by atoms with Gasteiger partial charge in [-0.1, -0.05) is 24.0 Å². The zero-order valence-corrected chi connectivity index (χ0v) is 24.9. The molecule has 43 heavy (non-hydrogen) atoms. The summed E-state index contributed by atoms with van der Waals surface area (Å²) in [5.41, 5.74) is 0.414. The van der Waals surface area contributed by atoms with Gasteiger partial charge in [0.1, 0.15) is 23.1 Å². The number of fused-ring (bicyclic) bond motifs is 1. The average Bonchev–Trinajstić information content (AvgIpc) is 3.24. The Morgan fingerprint density at radius 3 is 2.07 bits per heavy atom. The summed E-state index contributed by atoms with van der Waals surface area (Å²) in [5.74, 6) is 4.94. The summed E-state index contributed by atoms with van der Waals surface area (Å²) in [6, 6.07) is 6.71. The maximum atomic E-state index is 13.3. The van der Waals surface area contributed by atoms with Crippen LogP contribution in [0.4, 0.5) is 22.8 Å². The van der Waals surface area contributed by atoms with Gasteiger partial charge in [0.15, 0.2) is 0 Å². The number of hydrogen-bond acceptors (Lipinski definition) is 8. The number of hydrogen-bond donors (Lipinski definition) is 2. The van der Waals surface area contributed by atoms with Crippen LogP contribution >= 0.6 is 0 Å². The van der Waals surface area contributed by atoms with Gasteiger partial charge in [0, 0.05) is 12.6 Å². The number of imidazole rings is 1. The smallest absolute Gasteiger partial charge is 0.443 e. The number of ether oxygens (including phenoxy) is 3. The first kappa shape index (κ1) is 33.2. The van der Waals surface area contributed by atoms with Gasteiger partial charge in [-0.15, -0.1) is 13.2 Å². The molecular weight excluding hydrogens is 571 g/mol. The third-order valence-corrected chi connectivity index (χ3v) is 5.56. The number of aromatic nitrogens is 2. The Morgan fingerprint density at radius 1 is 1.02 bits per heavy atom. The van der Waals surface area contributed by atoms with Crippen LogP contribution in [0.2, 0.25) is 0 Å². The molecule has 0 aliphatic rings. The summed E-state index contributed by atoms with van der Waals surface area (Å²) < 4.78 is 54.7. The molecule has 2 N–H and O–H groups in total. The van der Waals surface area contributed by atoms with Gasteiger partial charge >= 0.3 is 18.5 Å². The van der Waals surface area contributed by atoms with Crippen LogP contribution in [0.5, 0.6) is 5.75 Å². The van der Waals surface area contributed by atoms with E-state index in [0.717, 1.165) is 17.0 Å². The Kier molecular flexibility index (Phi) is 9.68. The van der Waals surface area contributed by atoms with Gasteiger partial charge in [-0.25, -0.2) is 19.5 Å². The summed E-state index contributed by atoms with van der Waals surface area (Å²) in [6.45, 7) is 8.79. The zero-order valence-electron chi connectivity index (χ0n) is 24.9. The first-order valence-corrected chi connectivity index (χ1v) is 13.1. The molecule has 1 aromatic heterocycles. The molecule has 232 valence electrons. The molecule has 0 aliphatic carbocycles. The van der Waals surface area contributed by atoms with Crippen LogP contribution in [0.25, 0.3) is 22.2 Å². The second-order valence-corrected chi connectivity index (χ2v) is 11.6. The number of aryl methyl sites for hydroxylation is 1. The zero-order chi connectivity index (χ0) is 32.3. The Labute approximate surface area is 247 Å². The summed E-state index contributed by atoms with van der Waals surface area (Å²) in [7, 11) is 1.68. The lowest BCUT2D eigenvalue weighted by molar-refractivity contribution is -0.274. The monoisotopic (exact) mass is 605 g/mol. The van der Waals surface area contributed by atoms with Gasteiger partial charge in [-0.05, 0) is 70.9 Å². The van der Waals surface area contributed by atoms with E-state index in [-0.39, 0.29) is 5.56 Å². The van der Waals surface area contributed by atoms with E-state index in [2.05, 4.69) is 21.6 Å². The van der Waals surface area contributed by atoms with Gasteiger partial charge in [0.2, 0.25) is 0 Å². The van der Waals surface area contributed by atoms with Gasteiger partial charge in [0.25, 0.3) is 0 Å². The minimum atomic E-state index is -4.87. The Morgan fingerprint density at radius 2 is 1.58 bits per heavy atom. The number of carbonyl (C=O) groups excluding carboxylic acids is 2. The van der Waals surface area contributed by atoms with E-state index < -0.39 is 54.8 Å². The molecular formula is C30H34F3N3O7. The molecule has 0 radical (unpaired) electrons. The summed E-state index contributed by atoms with van der Waals surface area (Å²) in [6.07, 6.45) is -6.74. The van der Waals surface area contributed by atoms with E-state index in [1.807, 2.05) is 0 Å². The van der Waals surface area contributed by atoms with Gasteiger partial charge < -0.3 is 29.0 Å². The number of halogens is 3. The van der Waals surface area contributed by atoms with E-state index >= 15 is 0 Å². The predicted octanol–water partition coefficient (Wildman–Crippen LogP) is 5.52. The molecule has 0 saturated carbocycles. The second-order valence-electron chi connectivity index (χ2n) is 11.6. The van der Waals surface area contributed by atoms with Crippen LogP contribution in [-0.2, 0) is 23.1 Å². The first-order chi connectivity index (χ1) is 19.8. The maximum Gasteiger partial charge on any atom is 0.573 e. The summed E-state index contributed by atoms with van der Waals surface area (Å²) in [4.78, 5) is 31.8. The fourth-order valence-electron chi connectivity index (χ4n) is 3.92. The number of amides is 2. The first-order valence-electron chi connectivity index (χ1n) is 13.1. The highest BCUT2D eigenvalue weighted by Gasteiger charge is 2.33. The summed E-state index contributed by atoms with van der Waals surface area (Å²) in [5, 5.41) is 19.3. The molecule has 10 nitrogen and oxygen atoms in total. The minimum absolute atomic E-state index is 0.278. The van der Waals surface area contributed by atoms with Crippen molar-refractivity contribution in [1.82, 2.24) is 14.5 Å². The topological polar surface area (TPSA) is 123 Å². The van der Waals surface area contributed by atoms with Crippen molar-refractivity contribution in [2.75, 3.05) is 6.61 Å². The van der Waals surface area contributed by atoms with Crippen molar-refractivity contribution in [3.8, 4) is 28.7 Å². The maximum absolute atomic E-state index is 13.3. The molecule has 13 heteroatoms. The van der Waals surface area contributed by atoms with Crippen molar-refractivity contribution in [1.29, 1.82) is 0 Å². The number of aliphatic hydroxyl groups is 2. The van der Waals surface area contributed by atoms with Crippen molar-refractivity contribution in [3.05, 3.63) is 47.8 Å². The third kappa shape index (κ3) is 9.10. The van der Waals surface area contributed by atoms with E-state index in [1.165, 1.54) is 18.5 Å². The predicted molar refractivity (Wildman–Crippen MR) is 151 cm³/mol. The molecule has 2 aromatic carbocycles. The van der Waals surface area contributed by atoms with Crippen molar-refractivity contribution >= 4 is 23.2 Å². The van der Waals surface area contributed by atoms with Crippen LogP contribution < -0.4 is 4.74 Å². The fraction of sp³-hybridized carbons (Fsp3) is 0.433. The molecule has 0 unspecified atom stereocenters. The van der Waals surface area contributed by atoms with Crippen LogP contribution in [0, 0.1) is 11.8 Å². The number of imide groups is 1. The van der Waals surface area contributed by atoms with E-state index in [4.69, 9.17) is 9.47 Å². The molecule has 1 atom stereocenters. The standard InChI is InChI=1S/C30H34F3N3O7/c1-28(2,3)42-26(39)36(27(40)43-29(4,5)6)15-19-14-23(18-8-11-21(12-9-18)41-30(31,32)33)24-25(35(7)17-34-24)22(19)13-10-20(38)16-37/h8-9,11-12,14,17,20,37-38H,15-16H2,1-7H3/t20-/m1/s1. The molecule has 2 amide bonds. The van der Waals surface area contributed by atoms with Crippen molar-refractivity contribution in [2.45, 2.75) is 71.8 Å². The van der Waals surface area contributed by atoms with Crippen LogP contribution in [-0.4, -0.2) is 67.1 Å². The van der Waals surface area contributed by atoms with Crippen molar-refractivity contribution in [2.24, 2.45) is 7.05 Å². The van der Waals surface area contributed by atoms with E-state index in [9.17, 15) is 33.0 Å². The molecule has 3 rings (SSSR count). The van der Waals surface area contributed by atoms with Crippen LogP contribution in [0.15, 0.2) is 36.7 Å². The van der Waals surface area contributed by atoms with Crippen molar-refractivity contribution in [3.63, 3.8) is 0 Å². The minimum Gasteiger partial charge on any atom is -0.443 e. The fourth-order valence-corrected chi connectivity index (χ4v) is 3.92. The largest absolute Gasteiger partial charge is 0.573 e. The van der Waals surface area contributed by atoms with E-state index in [0.29, 0.717) is 27.7 Å². The van der Waals surface area contributed by atoms with Crippen LogP contribution in [0.3, 0.4) is 0 Å². The number of benzene rings is 2. The normalized spacial score (nSPS) is 12.7. The van der Waals surface area contributed by atoms with Crippen molar-refractivity contribution < 1.29 is 47.2 Å². The SMILES string of the molecule is Cn1cnc2c(-c3ccc(OC(F)(F)F)cc3)cc(CN(C(=O)OC(C)(C)C)C(=O)OC(C)(C)C)c(C#C[C@@H](O)CO)c21. The lowest BCUT2D eigenvalue weighted by Gasteiger charge is -2.29. The molecule has 0 aliphatic heterocycles. The molecule has 1 heterocycles. The highest BCUT2D eigenvalue weighted by atomic mass is 19.4. The summed E-state index contributed by atoms with van der Waals surface area (Å²) >= 11 is 0. The molecule has 0 saturated heterocycles. The Hall–Kier alpha value is -4.28. The highest BCUT2D eigenvalue weighted by molar-refractivity contribution is 5.97.